The molecule has 0 aromatic heterocycles. The Labute approximate surface area is 112 Å². The van der Waals surface area contributed by atoms with Gasteiger partial charge in [0.15, 0.2) is 0 Å². The van der Waals surface area contributed by atoms with Crippen LogP contribution >= 0.6 is 0 Å². The monoisotopic (exact) mass is 251 g/mol. The van der Waals surface area contributed by atoms with E-state index < -0.39 is 0 Å². The first kappa shape index (κ1) is 12.9. The number of rotatable bonds is 1. The second-order valence-electron chi connectivity index (χ2n) is 6.79. The average Bonchev–Trinajstić information content (AvgIpc) is 2.38. The predicted octanol–water partition coefficient (Wildman–Crippen LogP) is 1.54. The van der Waals surface area contributed by atoms with Crippen molar-refractivity contribution in [3.05, 3.63) is 0 Å². The third kappa shape index (κ3) is 2.73. The van der Waals surface area contributed by atoms with Crippen LogP contribution in [-0.4, -0.2) is 60.6 Å². The summed E-state index contributed by atoms with van der Waals surface area (Å²) in [5, 5.41) is 3.70. The van der Waals surface area contributed by atoms with Gasteiger partial charge in [-0.05, 0) is 71.6 Å². The fourth-order valence-electron chi connectivity index (χ4n) is 4.16. The average molecular weight is 251 g/mol. The van der Waals surface area contributed by atoms with Crippen LogP contribution in [0, 0.1) is 5.92 Å². The summed E-state index contributed by atoms with van der Waals surface area (Å²) in [5.74, 6) is 0.994. The minimum Gasteiger partial charge on any atom is -0.312 e. The first-order chi connectivity index (χ1) is 8.72. The Morgan fingerprint density at radius 1 is 0.833 bits per heavy atom. The molecule has 4 fully saturated rings. The molecule has 1 N–H and O–H groups in total. The first-order valence-electron chi connectivity index (χ1n) is 7.95. The lowest BCUT2D eigenvalue weighted by molar-refractivity contribution is -0.000180. The number of hydrogen-bond donors (Lipinski definition) is 1. The van der Waals surface area contributed by atoms with Gasteiger partial charge in [-0.2, -0.15) is 0 Å². The van der Waals surface area contributed by atoms with Crippen molar-refractivity contribution < 1.29 is 0 Å². The van der Waals surface area contributed by atoms with E-state index in [0.717, 1.165) is 12.0 Å². The molecule has 0 saturated carbocycles. The molecule has 0 radical (unpaired) electrons. The highest BCUT2D eigenvalue weighted by Gasteiger charge is 2.37. The zero-order valence-corrected chi connectivity index (χ0v) is 12.1. The van der Waals surface area contributed by atoms with Gasteiger partial charge in [0.1, 0.15) is 0 Å². The van der Waals surface area contributed by atoms with Crippen molar-refractivity contribution in [3.63, 3.8) is 0 Å². The summed E-state index contributed by atoms with van der Waals surface area (Å²) in [6, 6.07) is 2.23. The van der Waals surface area contributed by atoms with E-state index in [1.165, 1.54) is 58.4 Å². The van der Waals surface area contributed by atoms with Crippen molar-refractivity contribution in [2.24, 2.45) is 5.92 Å². The Balaban J connectivity index is 1.63. The van der Waals surface area contributed by atoms with E-state index in [2.05, 4.69) is 29.0 Å². The number of fused-ring (bicyclic) bond motifs is 3. The molecule has 4 aliphatic rings. The van der Waals surface area contributed by atoms with Gasteiger partial charge in [-0.3, -0.25) is 4.90 Å². The third-order valence-corrected chi connectivity index (χ3v) is 5.36. The van der Waals surface area contributed by atoms with Gasteiger partial charge in [-0.1, -0.05) is 0 Å². The second kappa shape index (κ2) is 5.48. The highest BCUT2D eigenvalue weighted by atomic mass is 15.3. The van der Waals surface area contributed by atoms with Crippen LogP contribution in [0.1, 0.15) is 39.5 Å². The zero-order chi connectivity index (χ0) is 12.5. The summed E-state index contributed by atoms with van der Waals surface area (Å²) in [4.78, 5) is 5.51. The van der Waals surface area contributed by atoms with Crippen molar-refractivity contribution in [1.29, 1.82) is 0 Å². The number of nitrogens with zero attached hydrogens (tertiary/aromatic N) is 2. The minimum absolute atomic E-state index is 0.684. The maximum Gasteiger partial charge on any atom is 0.0252 e. The lowest BCUT2D eigenvalue weighted by Gasteiger charge is -2.50. The lowest BCUT2D eigenvalue weighted by atomic mass is 9.82. The van der Waals surface area contributed by atoms with Crippen molar-refractivity contribution in [1.82, 2.24) is 15.1 Å². The largest absolute Gasteiger partial charge is 0.312 e. The maximum absolute atomic E-state index is 3.70. The number of piperidine rings is 3. The van der Waals surface area contributed by atoms with Gasteiger partial charge in [0.2, 0.25) is 0 Å². The van der Waals surface area contributed by atoms with E-state index in [1.54, 1.807) is 0 Å². The molecule has 4 saturated heterocycles. The quantitative estimate of drug-likeness (QED) is 0.763. The molecule has 0 aromatic carbocycles. The molecule has 4 aliphatic heterocycles. The highest BCUT2D eigenvalue weighted by molar-refractivity contribution is 4.93. The van der Waals surface area contributed by atoms with E-state index in [9.17, 15) is 0 Å². The summed E-state index contributed by atoms with van der Waals surface area (Å²) in [6.07, 6.45) is 5.52. The predicted molar refractivity (Wildman–Crippen MR) is 75.8 cm³/mol. The van der Waals surface area contributed by atoms with Crippen molar-refractivity contribution in [3.8, 4) is 0 Å². The topological polar surface area (TPSA) is 18.5 Å². The standard InChI is InChI=1S/C15H29N3/c1-12-3-9-18(10-4-13(2)16-12)15-11-17-7-5-14(15)6-8-17/h12-16H,3-11H2,1-2H3. The minimum atomic E-state index is 0.684. The molecule has 4 heterocycles. The summed E-state index contributed by atoms with van der Waals surface area (Å²) in [5.41, 5.74) is 0. The van der Waals surface area contributed by atoms with Gasteiger partial charge in [0.25, 0.3) is 0 Å². The van der Waals surface area contributed by atoms with Gasteiger partial charge in [0, 0.05) is 24.7 Å². The smallest absolute Gasteiger partial charge is 0.0252 e. The molecule has 18 heavy (non-hydrogen) atoms. The van der Waals surface area contributed by atoms with E-state index in [0.29, 0.717) is 12.1 Å². The zero-order valence-electron chi connectivity index (χ0n) is 12.1. The molecule has 3 unspecified atom stereocenters. The second-order valence-corrected chi connectivity index (χ2v) is 6.79. The van der Waals surface area contributed by atoms with Crippen LogP contribution in [0.3, 0.4) is 0 Å². The van der Waals surface area contributed by atoms with Gasteiger partial charge in [-0.15, -0.1) is 0 Å². The Morgan fingerprint density at radius 2 is 1.44 bits per heavy atom. The van der Waals surface area contributed by atoms with Gasteiger partial charge < -0.3 is 10.2 Å². The van der Waals surface area contributed by atoms with E-state index in [-0.39, 0.29) is 0 Å². The van der Waals surface area contributed by atoms with Crippen LogP contribution in [0.25, 0.3) is 0 Å². The molecular formula is C15H29N3. The Morgan fingerprint density at radius 3 is 1.94 bits per heavy atom. The van der Waals surface area contributed by atoms with Crippen LogP contribution in [-0.2, 0) is 0 Å². The van der Waals surface area contributed by atoms with Gasteiger partial charge in [0.05, 0.1) is 0 Å². The molecule has 0 amide bonds. The molecule has 0 spiro atoms. The Hall–Kier alpha value is -0.120. The van der Waals surface area contributed by atoms with Crippen LogP contribution < -0.4 is 5.32 Å². The van der Waals surface area contributed by atoms with Crippen LogP contribution in [0.15, 0.2) is 0 Å². The highest BCUT2D eigenvalue weighted by Crippen LogP contribution is 2.31. The SMILES string of the molecule is CC1CCN(C2CN3CCC2CC3)CCC(C)N1. The first-order valence-corrected chi connectivity index (χ1v) is 7.95. The van der Waals surface area contributed by atoms with Crippen LogP contribution in [0.4, 0.5) is 0 Å². The van der Waals surface area contributed by atoms with Crippen molar-refractivity contribution in [2.45, 2.75) is 57.7 Å². The van der Waals surface area contributed by atoms with Crippen molar-refractivity contribution in [2.75, 3.05) is 32.7 Å². The fraction of sp³-hybridized carbons (Fsp3) is 1.00. The molecular weight excluding hydrogens is 222 g/mol. The lowest BCUT2D eigenvalue weighted by Crippen LogP contribution is -2.59. The fourth-order valence-corrected chi connectivity index (χ4v) is 4.16. The molecule has 3 nitrogen and oxygen atoms in total. The molecule has 4 rings (SSSR count). The summed E-state index contributed by atoms with van der Waals surface area (Å²) in [7, 11) is 0. The van der Waals surface area contributed by atoms with E-state index >= 15 is 0 Å². The molecule has 3 heteroatoms. The van der Waals surface area contributed by atoms with Gasteiger partial charge in [-0.25, -0.2) is 0 Å². The van der Waals surface area contributed by atoms with E-state index in [1.807, 2.05) is 0 Å². The number of hydrogen-bond acceptors (Lipinski definition) is 3. The Kier molecular flexibility index (Phi) is 3.92. The molecule has 0 aromatic rings. The van der Waals surface area contributed by atoms with Gasteiger partial charge >= 0.3 is 0 Å². The normalized spacial score (nSPS) is 46.7. The molecule has 104 valence electrons. The third-order valence-electron chi connectivity index (χ3n) is 5.36. The summed E-state index contributed by atoms with van der Waals surface area (Å²) in [6.45, 7) is 11.4. The van der Waals surface area contributed by atoms with Crippen LogP contribution in [0.5, 0.6) is 0 Å². The molecule has 0 aliphatic carbocycles. The van der Waals surface area contributed by atoms with Crippen LogP contribution in [0.2, 0.25) is 0 Å². The maximum atomic E-state index is 3.70. The summed E-state index contributed by atoms with van der Waals surface area (Å²) >= 11 is 0. The van der Waals surface area contributed by atoms with Crippen molar-refractivity contribution >= 4 is 0 Å². The molecule has 3 atom stereocenters. The number of nitrogens with one attached hydrogen (secondary N) is 1. The molecule has 2 bridgehead atoms. The summed E-state index contributed by atoms with van der Waals surface area (Å²) < 4.78 is 0. The Bertz CT molecular complexity index is 261. The van der Waals surface area contributed by atoms with E-state index in [4.69, 9.17) is 0 Å².